The molecule has 1 aliphatic heterocycles. The number of rotatable bonds is 3. The van der Waals surface area contributed by atoms with Crippen LogP contribution in [0.1, 0.15) is 13.3 Å². The molecule has 0 aromatic rings. The van der Waals surface area contributed by atoms with E-state index in [0.717, 1.165) is 0 Å². The van der Waals surface area contributed by atoms with Gasteiger partial charge in [0.15, 0.2) is 9.84 Å². The van der Waals surface area contributed by atoms with E-state index in [9.17, 15) is 8.42 Å². The van der Waals surface area contributed by atoms with Gasteiger partial charge in [-0.25, -0.2) is 8.42 Å². The van der Waals surface area contributed by atoms with Gasteiger partial charge >= 0.3 is 0 Å². The normalized spacial score (nSPS) is 37.9. The quantitative estimate of drug-likeness (QED) is 0.695. The highest BCUT2D eigenvalue weighted by atomic mass is 32.2. The Bertz CT molecular complexity index is 275. The van der Waals surface area contributed by atoms with Crippen LogP contribution in [0.25, 0.3) is 0 Å². The molecule has 1 heterocycles. The number of hydrogen-bond donors (Lipinski definition) is 1. The van der Waals surface area contributed by atoms with Gasteiger partial charge in [0.05, 0.1) is 17.6 Å². The van der Waals surface area contributed by atoms with Gasteiger partial charge in [-0.2, -0.15) is 0 Å². The van der Waals surface area contributed by atoms with Crippen LogP contribution in [0, 0.1) is 5.41 Å². The van der Waals surface area contributed by atoms with Crippen molar-refractivity contribution in [3.63, 3.8) is 0 Å². The first-order valence-corrected chi connectivity index (χ1v) is 6.08. The Balaban J connectivity index is 2.84. The van der Waals surface area contributed by atoms with Crippen molar-refractivity contribution in [3.05, 3.63) is 0 Å². The molecule has 1 fully saturated rings. The second-order valence-corrected chi connectivity index (χ2v) is 6.38. The summed E-state index contributed by atoms with van der Waals surface area (Å²) in [4.78, 5) is 0. The summed E-state index contributed by atoms with van der Waals surface area (Å²) < 4.78 is 28.0. The fourth-order valence-corrected chi connectivity index (χ4v) is 4.04. The minimum atomic E-state index is -2.93. The third kappa shape index (κ3) is 2.03. The minimum Gasteiger partial charge on any atom is -0.384 e. The van der Waals surface area contributed by atoms with Crippen molar-refractivity contribution in [2.75, 3.05) is 26.0 Å². The molecule has 5 heteroatoms. The van der Waals surface area contributed by atoms with Crippen LogP contribution in [0.4, 0.5) is 0 Å². The summed E-state index contributed by atoms with van der Waals surface area (Å²) >= 11 is 0. The highest BCUT2D eigenvalue weighted by Crippen LogP contribution is 2.36. The van der Waals surface area contributed by atoms with Gasteiger partial charge in [0.1, 0.15) is 0 Å². The smallest absolute Gasteiger partial charge is 0.153 e. The molecule has 0 aromatic heterocycles. The lowest BCUT2D eigenvalue weighted by Crippen LogP contribution is -2.36. The Kier molecular flexibility index (Phi) is 2.99. The van der Waals surface area contributed by atoms with E-state index >= 15 is 0 Å². The topological polar surface area (TPSA) is 69.4 Å². The van der Waals surface area contributed by atoms with E-state index in [1.165, 1.54) is 0 Å². The molecule has 78 valence electrons. The van der Waals surface area contributed by atoms with Gasteiger partial charge in [-0.15, -0.1) is 0 Å². The van der Waals surface area contributed by atoms with Crippen LogP contribution in [0.3, 0.4) is 0 Å². The van der Waals surface area contributed by atoms with Gasteiger partial charge in [-0.05, 0) is 13.3 Å². The molecule has 1 aliphatic rings. The van der Waals surface area contributed by atoms with Crippen molar-refractivity contribution in [1.82, 2.24) is 0 Å². The third-order valence-corrected chi connectivity index (χ3v) is 5.13. The van der Waals surface area contributed by atoms with Gasteiger partial charge in [-0.1, -0.05) is 0 Å². The lowest BCUT2D eigenvalue weighted by molar-refractivity contribution is 0.0993. The summed E-state index contributed by atoms with van der Waals surface area (Å²) in [6.07, 6.45) is 0.625. The van der Waals surface area contributed by atoms with Gasteiger partial charge < -0.3 is 10.5 Å². The van der Waals surface area contributed by atoms with Crippen LogP contribution in [-0.4, -0.2) is 39.7 Å². The SMILES string of the molecule is COCC1(CN)CC(C)S(=O)(=O)C1. The average molecular weight is 207 g/mol. The second kappa shape index (κ2) is 3.55. The maximum absolute atomic E-state index is 11.5. The molecule has 2 N–H and O–H groups in total. The maximum Gasteiger partial charge on any atom is 0.153 e. The molecular weight excluding hydrogens is 190 g/mol. The van der Waals surface area contributed by atoms with E-state index in [1.54, 1.807) is 14.0 Å². The van der Waals surface area contributed by atoms with Crippen LogP contribution in [0.2, 0.25) is 0 Å². The maximum atomic E-state index is 11.5. The number of methoxy groups -OCH3 is 1. The first-order chi connectivity index (χ1) is 5.96. The molecule has 0 bridgehead atoms. The zero-order valence-corrected chi connectivity index (χ0v) is 8.93. The Labute approximate surface area is 79.4 Å². The predicted molar refractivity (Wildman–Crippen MR) is 51.2 cm³/mol. The van der Waals surface area contributed by atoms with Crippen LogP contribution < -0.4 is 5.73 Å². The second-order valence-electron chi connectivity index (χ2n) is 3.96. The van der Waals surface area contributed by atoms with E-state index < -0.39 is 9.84 Å². The van der Waals surface area contributed by atoms with Crippen molar-refractivity contribution in [2.45, 2.75) is 18.6 Å². The van der Waals surface area contributed by atoms with E-state index in [-0.39, 0.29) is 16.4 Å². The summed E-state index contributed by atoms with van der Waals surface area (Å²) in [5.74, 6) is 0.172. The summed E-state index contributed by atoms with van der Waals surface area (Å²) in [5.41, 5.74) is 5.25. The van der Waals surface area contributed by atoms with E-state index in [0.29, 0.717) is 19.6 Å². The number of ether oxygens (including phenoxy) is 1. The van der Waals surface area contributed by atoms with Crippen molar-refractivity contribution in [2.24, 2.45) is 11.1 Å². The highest BCUT2D eigenvalue weighted by molar-refractivity contribution is 7.92. The highest BCUT2D eigenvalue weighted by Gasteiger charge is 2.46. The third-order valence-electron chi connectivity index (χ3n) is 2.72. The molecule has 0 amide bonds. The van der Waals surface area contributed by atoms with Crippen LogP contribution >= 0.6 is 0 Å². The predicted octanol–water partition coefficient (Wildman–Crippen LogP) is -0.215. The van der Waals surface area contributed by atoms with Crippen molar-refractivity contribution in [1.29, 1.82) is 0 Å². The van der Waals surface area contributed by atoms with Gasteiger partial charge in [0, 0.05) is 19.1 Å². The molecule has 1 rings (SSSR count). The molecule has 13 heavy (non-hydrogen) atoms. The van der Waals surface area contributed by atoms with Crippen LogP contribution in [0.15, 0.2) is 0 Å². The first-order valence-electron chi connectivity index (χ1n) is 4.36. The van der Waals surface area contributed by atoms with E-state index in [1.807, 2.05) is 0 Å². The molecular formula is C8H17NO3S. The molecule has 2 atom stereocenters. The van der Waals surface area contributed by atoms with Gasteiger partial charge in [-0.3, -0.25) is 0 Å². The monoisotopic (exact) mass is 207 g/mol. The zero-order chi connectivity index (χ0) is 10.1. The minimum absolute atomic E-state index is 0.172. The fourth-order valence-electron chi connectivity index (χ4n) is 1.97. The van der Waals surface area contributed by atoms with E-state index in [4.69, 9.17) is 10.5 Å². The molecule has 0 saturated carbocycles. The molecule has 0 aliphatic carbocycles. The zero-order valence-electron chi connectivity index (χ0n) is 8.12. The van der Waals surface area contributed by atoms with Crippen molar-refractivity contribution >= 4 is 9.84 Å². The number of nitrogens with two attached hydrogens (primary N) is 1. The Morgan fingerprint density at radius 3 is 2.54 bits per heavy atom. The van der Waals surface area contributed by atoms with Crippen molar-refractivity contribution in [3.8, 4) is 0 Å². The lowest BCUT2D eigenvalue weighted by Gasteiger charge is -2.24. The Morgan fingerprint density at radius 2 is 2.23 bits per heavy atom. The lowest BCUT2D eigenvalue weighted by atomic mass is 9.87. The van der Waals surface area contributed by atoms with Gasteiger partial charge in [0.2, 0.25) is 0 Å². The molecule has 0 radical (unpaired) electrons. The largest absolute Gasteiger partial charge is 0.384 e. The van der Waals surface area contributed by atoms with Crippen LogP contribution in [-0.2, 0) is 14.6 Å². The fraction of sp³-hybridized carbons (Fsp3) is 1.00. The molecule has 0 spiro atoms. The Morgan fingerprint density at radius 1 is 1.62 bits per heavy atom. The number of sulfone groups is 1. The summed E-state index contributed by atoms with van der Waals surface area (Å²) in [6.45, 7) is 2.56. The average Bonchev–Trinajstić information content (AvgIpc) is 2.24. The first kappa shape index (κ1) is 10.9. The molecule has 4 nitrogen and oxygen atoms in total. The standard InChI is InChI=1S/C8H17NO3S/c1-7-3-8(4-9,5-12-2)6-13(7,10)11/h7H,3-6,9H2,1-2H3. The summed E-state index contributed by atoms with van der Waals surface area (Å²) in [6, 6.07) is 0. The van der Waals surface area contributed by atoms with Gasteiger partial charge in [0.25, 0.3) is 0 Å². The number of hydrogen-bond acceptors (Lipinski definition) is 4. The Hall–Kier alpha value is -0.130. The summed E-state index contributed by atoms with van der Waals surface area (Å²) in [7, 11) is -1.35. The van der Waals surface area contributed by atoms with E-state index in [2.05, 4.69) is 0 Å². The van der Waals surface area contributed by atoms with Crippen LogP contribution in [0.5, 0.6) is 0 Å². The summed E-state index contributed by atoms with van der Waals surface area (Å²) in [5, 5.41) is -0.272. The van der Waals surface area contributed by atoms with Crippen molar-refractivity contribution < 1.29 is 13.2 Å². The molecule has 1 saturated heterocycles. The molecule has 0 aromatic carbocycles. The molecule has 2 unspecified atom stereocenters.